The Kier molecular flexibility index (Phi) is 5.54. The highest BCUT2D eigenvalue weighted by Crippen LogP contribution is 2.24. The minimum absolute atomic E-state index is 0. The van der Waals surface area contributed by atoms with Crippen molar-refractivity contribution in [2.24, 2.45) is 5.73 Å². The molecule has 90 valence electrons. The average molecular weight is 326 g/mol. The molecular weight excluding hydrogens is 311 g/mol. The number of rotatable bonds is 2. The SMILES string of the molecule is Cl.N[C@H]1CCN(Cc2ccc(Br)c(Cl)c2)C1. The van der Waals surface area contributed by atoms with Gasteiger partial charge in [0, 0.05) is 30.1 Å². The molecule has 5 heteroatoms. The number of halogens is 3. The highest BCUT2D eigenvalue weighted by Gasteiger charge is 2.18. The maximum atomic E-state index is 6.04. The lowest BCUT2D eigenvalue weighted by atomic mass is 10.2. The summed E-state index contributed by atoms with van der Waals surface area (Å²) in [6, 6.07) is 6.44. The number of benzene rings is 1. The number of likely N-dealkylation sites (tertiary alicyclic amines) is 1. The van der Waals surface area contributed by atoms with Gasteiger partial charge in [0.05, 0.1) is 5.02 Å². The van der Waals surface area contributed by atoms with E-state index in [0.717, 1.165) is 35.6 Å². The molecule has 0 aromatic heterocycles. The van der Waals surface area contributed by atoms with Gasteiger partial charge in [-0.15, -0.1) is 12.4 Å². The van der Waals surface area contributed by atoms with Crippen LogP contribution in [-0.2, 0) is 6.54 Å². The van der Waals surface area contributed by atoms with E-state index in [4.69, 9.17) is 17.3 Å². The van der Waals surface area contributed by atoms with Crippen LogP contribution in [0.2, 0.25) is 5.02 Å². The molecular formula is C11H15BrCl2N2. The molecule has 1 aromatic carbocycles. The lowest BCUT2D eigenvalue weighted by Gasteiger charge is -2.15. The van der Waals surface area contributed by atoms with Gasteiger partial charge >= 0.3 is 0 Å². The van der Waals surface area contributed by atoms with E-state index >= 15 is 0 Å². The molecule has 1 aromatic rings. The number of nitrogens with zero attached hydrogens (tertiary/aromatic N) is 1. The Morgan fingerprint density at radius 2 is 2.25 bits per heavy atom. The highest BCUT2D eigenvalue weighted by molar-refractivity contribution is 9.10. The molecule has 1 atom stereocenters. The minimum Gasteiger partial charge on any atom is -0.326 e. The summed E-state index contributed by atoms with van der Waals surface area (Å²) in [5.74, 6) is 0. The standard InChI is InChI=1S/C11H14BrClN2.ClH/c12-10-2-1-8(5-11(10)13)6-15-4-3-9(14)7-15;/h1-2,5,9H,3-4,6-7,14H2;1H/t9-;/m0./s1. The molecule has 1 saturated heterocycles. The molecule has 1 aliphatic rings. The summed E-state index contributed by atoms with van der Waals surface area (Å²) < 4.78 is 0.950. The van der Waals surface area contributed by atoms with Crippen LogP contribution in [0.1, 0.15) is 12.0 Å². The zero-order chi connectivity index (χ0) is 10.8. The Morgan fingerprint density at radius 1 is 1.50 bits per heavy atom. The zero-order valence-corrected chi connectivity index (χ0v) is 12.0. The molecule has 0 spiro atoms. The van der Waals surface area contributed by atoms with Gasteiger partial charge in [-0.25, -0.2) is 0 Å². The first-order chi connectivity index (χ1) is 7.15. The molecule has 1 fully saturated rings. The van der Waals surface area contributed by atoms with Gasteiger partial charge in [0.1, 0.15) is 0 Å². The summed E-state index contributed by atoms with van der Waals surface area (Å²) in [5.41, 5.74) is 7.11. The van der Waals surface area contributed by atoms with Gasteiger partial charge in [-0.05, 0) is 40.0 Å². The monoisotopic (exact) mass is 324 g/mol. The van der Waals surface area contributed by atoms with Gasteiger partial charge in [0.25, 0.3) is 0 Å². The third kappa shape index (κ3) is 3.60. The van der Waals surface area contributed by atoms with Crippen molar-refractivity contribution in [3.8, 4) is 0 Å². The molecule has 1 aliphatic heterocycles. The van der Waals surface area contributed by atoms with Crippen LogP contribution < -0.4 is 5.73 Å². The summed E-state index contributed by atoms with van der Waals surface area (Å²) in [7, 11) is 0. The Hall–Kier alpha value is 0.200. The molecule has 16 heavy (non-hydrogen) atoms. The van der Waals surface area contributed by atoms with E-state index < -0.39 is 0 Å². The number of nitrogens with two attached hydrogens (primary N) is 1. The molecule has 1 heterocycles. The van der Waals surface area contributed by atoms with Crippen LogP contribution in [-0.4, -0.2) is 24.0 Å². The molecule has 0 aliphatic carbocycles. The molecule has 0 radical (unpaired) electrons. The Balaban J connectivity index is 0.00000128. The van der Waals surface area contributed by atoms with Crippen LogP contribution in [0.5, 0.6) is 0 Å². The molecule has 0 bridgehead atoms. The summed E-state index contributed by atoms with van der Waals surface area (Å²) >= 11 is 9.42. The summed E-state index contributed by atoms with van der Waals surface area (Å²) in [6.45, 7) is 3.03. The molecule has 2 nitrogen and oxygen atoms in total. The first kappa shape index (κ1) is 14.3. The van der Waals surface area contributed by atoms with Crippen molar-refractivity contribution in [3.05, 3.63) is 33.3 Å². The first-order valence-electron chi connectivity index (χ1n) is 5.07. The lowest BCUT2D eigenvalue weighted by Crippen LogP contribution is -2.26. The van der Waals surface area contributed by atoms with Crippen LogP contribution in [0, 0.1) is 0 Å². The molecule has 0 amide bonds. The predicted octanol–water partition coefficient (Wildman–Crippen LogP) is 3.06. The minimum atomic E-state index is 0. The fourth-order valence-electron chi connectivity index (χ4n) is 1.90. The predicted molar refractivity (Wildman–Crippen MR) is 74.3 cm³/mol. The van der Waals surface area contributed by atoms with Gasteiger partial charge in [-0.3, -0.25) is 4.90 Å². The maximum absolute atomic E-state index is 6.04. The smallest absolute Gasteiger partial charge is 0.0551 e. The van der Waals surface area contributed by atoms with Gasteiger partial charge in [-0.2, -0.15) is 0 Å². The second kappa shape index (κ2) is 6.22. The van der Waals surface area contributed by atoms with Crippen molar-refractivity contribution in [3.63, 3.8) is 0 Å². The summed E-state index contributed by atoms with van der Waals surface area (Å²) in [6.07, 6.45) is 1.10. The van der Waals surface area contributed by atoms with Crippen molar-refractivity contribution in [1.29, 1.82) is 0 Å². The van der Waals surface area contributed by atoms with E-state index in [9.17, 15) is 0 Å². The summed E-state index contributed by atoms with van der Waals surface area (Å²) in [5, 5.41) is 0.774. The van der Waals surface area contributed by atoms with Crippen molar-refractivity contribution >= 4 is 39.9 Å². The van der Waals surface area contributed by atoms with E-state index in [1.165, 1.54) is 5.56 Å². The molecule has 2 rings (SSSR count). The van der Waals surface area contributed by atoms with E-state index in [1.54, 1.807) is 0 Å². The third-order valence-corrected chi connectivity index (χ3v) is 3.93. The fourth-order valence-corrected chi connectivity index (χ4v) is 2.35. The average Bonchev–Trinajstić information content (AvgIpc) is 2.58. The van der Waals surface area contributed by atoms with Gasteiger partial charge in [0.15, 0.2) is 0 Å². The largest absolute Gasteiger partial charge is 0.326 e. The quantitative estimate of drug-likeness (QED) is 0.905. The van der Waals surface area contributed by atoms with Crippen LogP contribution in [0.4, 0.5) is 0 Å². The molecule has 0 unspecified atom stereocenters. The number of hydrogen-bond acceptors (Lipinski definition) is 2. The van der Waals surface area contributed by atoms with E-state index in [2.05, 4.69) is 26.9 Å². The van der Waals surface area contributed by atoms with Crippen LogP contribution in [0.15, 0.2) is 22.7 Å². The van der Waals surface area contributed by atoms with Crippen molar-refractivity contribution in [2.75, 3.05) is 13.1 Å². The van der Waals surface area contributed by atoms with E-state index in [1.807, 2.05) is 12.1 Å². The van der Waals surface area contributed by atoms with E-state index in [0.29, 0.717) is 6.04 Å². The van der Waals surface area contributed by atoms with E-state index in [-0.39, 0.29) is 12.4 Å². The second-order valence-electron chi connectivity index (χ2n) is 4.03. The lowest BCUT2D eigenvalue weighted by molar-refractivity contribution is 0.327. The summed E-state index contributed by atoms with van der Waals surface area (Å²) in [4.78, 5) is 2.37. The van der Waals surface area contributed by atoms with Crippen molar-refractivity contribution in [2.45, 2.75) is 19.0 Å². The molecule has 0 saturated carbocycles. The van der Waals surface area contributed by atoms with Gasteiger partial charge in [0.2, 0.25) is 0 Å². The normalized spacial score (nSPS) is 20.8. The van der Waals surface area contributed by atoms with Crippen LogP contribution >= 0.6 is 39.9 Å². The fraction of sp³-hybridized carbons (Fsp3) is 0.455. The molecule has 2 N–H and O–H groups in total. The first-order valence-corrected chi connectivity index (χ1v) is 6.24. The zero-order valence-electron chi connectivity index (χ0n) is 8.83. The topological polar surface area (TPSA) is 29.3 Å². The maximum Gasteiger partial charge on any atom is 0.0551 e. The third-order valence-electron chi connectivity index (χ3n) is 2.70. The number of hydrogen-bond donors (Lipinski definition) is 1. The Bertz CT molecular complexity index is 360. The van der Waals surface area contributed by atoms with Gasteiger partial charge < -0.3 is 5.73 Å². The second-order valence-corrected chi connectivity index (χ2v) is 5.29. The van der Waals surface area contributed by atoms with Crippen LogP contribution in [0.3, 0.4) is 0 Å². The van der Waals surface area contributed by atoms with Crippen molar-refractivity contribution < 1.29 is 0 Å². The Morgan fingerprint density at radius 3 is 2.81 bits per heavy atom. The van der Waals surface area contributed by atoms with Crippen LogP contribution in [0.25, 0.3) is 0 Å². The highest BCUT2D eigenvalue weighted by atomic mass is 79.9. The van der Waals surface area contributed by atoms with Crippen molar-refractivity contribution in [1.82, 2.24) is 4.90 Å². The Labute approximate surface area is 116 Å². The van der Waals surface area contributed by atoms with Gasteiger partial charge in [-0.1, -0.05) is 17.7 Å².